The summed E-state index contributed by atoms with van der Waals surface area (Å²) in [7, 11) is 1.87. The largest absolute Gasteiger partial charge is 0.345 e. The molecule has 13 heavy (non-hydrogen) atoms. The quantitative estimate of drug-likeness (QED) is 0.699. The SMILES string of the molecule is CC(CN)C(=O)N(C)CC1CC1C. The van der Waals surface area contributed by atoms with E-state index in [0.717, 1.165) is 18.4 Å². The topological polar surface area (TPSA) is 46.3 Å². The van der Waals surface area contributed by atoms with E-state index in [2.05, 4.69) is 6.92 Å². The van der Waals surface area contributed by atoms with Crippen LogP contribution in [0.15, 0.2) is 0 Å². The Bertz CT molecular complexity index is 193. The van der Waals surface area contributed by atoms with Crippen molar-refractivity contribution in [2.45, 2.75) is 20.3 Å². The average Bonchev–Trinajstić information content (AvgIpc) is 2.79. The molecule has 3 heteroatoms. The van der Waals surface area contributed by atoms with E-state index in [4.69, 9.17) is 5.73 Å². The summed E-state index contributed by atoms with van der Waals surface area (Å²) in [5.41, 5.74) is 5.44. The van der Waals surface area contributed by atoms with Crippen molar-refractivity contribution in [3.8, 4) is 0 Å². The normalized spacial score (nSPS) is 28.3. The fourth-order valence-electron chi connectivity index (χ4n) is 1.57. The summed E-state index contributed by atoms with van der Waals surface area (Å²) in [6, 6.07) is 0. The molecule has 1 aliphatic rings. The lowest BCUT2D eigenvalue weighted by Crippen LogP contribution is -2.36. The van der Waals surface area contributed by atoms with Crippen LogP contribution in [0.1, 0.15) is 20.3 Å². The molecule has 3 atom stereocenters. The molecule has 0 aromatic carbocycles. The second-order valence-electron chi connectivity index (χ2n) is 4.33. The third kappa shape index (κ3) is 2.69. The van der Waals surface area contributed by atoms with Crippen LogP contribution in [0, 0.1) is 17.8 Å². The van der Waals surface area contributed by atoms with Gasteiger partial charge >= 0.3 is 0 Å². The van der Waals surface area contributed by atoms with E-state index in [1.165, 1.54) is 6.42 Å². The maximum Gasteiger partial charge on any atom is 0.226 e. The van der Waals surface area contributed by atoms with Gasteiger partial charge in [-0.3, -0.25) is 4.79 Å². The molecule has 0 aliphatic heterocycles. The monoisotopic (exact) mass is 184 g/mol. The van der Waals surface area contributed by atoms with Gasteiger partial charge in [-0.15, -0.1) is 0 Å². The van der Waals surface area contributed by atoms with E-state index in [1.807, 2.05) is 18.9 Å². The molecule has 0 radical (unpaired) electrons. The molecule has 0 aromatic rings. The van der Waals surface area contributed by atoms with E-state index in [0.29, 0.717) is 6.54 Å². The van der Waals surface area contributed by atoms with E-state index in [-0.39, 0.29) is 11.8 Å². The van der Waals surface area contributed by atoms with Crippen LogP contribution in [0.4, 0.5) is 0 Å². The standard InChI is InChI=1S/C10H20N2O/c1-7-4-9(7)6-12(3)10(13)8(2)5-11/h7-9H,4-6,11H2,1-3H3. The van der Waals surface area contributed by atoms with Gasteiger partial charge in [0.05, 0.1) is 0 Å². The van der Waals surface area contributed by atoms with Gasteiger partial charge < -0.3 is 10.6 Å². The number of hydrogen-bond acceptors (Lipinski definition) is 2. The van der Waals surface area contributed by atoms with Crippen LogP contribution in [0.3, 0.4) is 0 Å². The molecule has 76 valence electrons. The minimum absolute atomic E-state index is 0.0287. The van der Waals surface area contributed by atoms with Crippen molar-refractivity contribution in [1.82, 2.24) is 4.90 Å². The first-order valence-corrected chi connectivity index (χ1v) is 5.01. The van der Waals surface area contributed by atoms with Crippen LogP contribution in [-0.2, 0) is 4.79 Å². The summed E-state index contributed by atoms with van der Waals surface area (Å²) in [6.45, 7) is 5.47. The smallest absolute Gasteiger partial charge is 0.226 e. The molecule has 0 bridgehead atoms. The first kappa shape index (κ1) is 10.5. The van der Waals surface area contributed by atoms with Crippen molar-refractivity contribution in [3.63, 3.8) is 0 Å². The zero-order valence-corrected chi connectivity index (χ0v) is 8.79. The molecule has 1 amide bonds. The second-order valence-corrected chi connectivity index (χ2v) is 4.33. The molecule has 1 rings (SSSR count). The van der Waals surface area contributed by atoms with E-state index in [9.17, 15) is 4.79 Å². The Balaban J connectivity index is 2.29. The van der Waals surface area contributed by atoms with Gasteiger partial charge in [-0.05, 0) is 18.3 Å². The van der Waals surface area contributed by atoms with Crippen LogP contribution in [0.2, 0.25) is 0 Å². The lowest BCUT2D eigenvalue weighted by Gasteiger charge is -2.20. The zero-order valence-electron chi connectivity index (χ0n) is 8.79. The molecule has 0 aromatic heterocycles. The van der Waals surface area contributed by atoms with Crippen LogP contribution in [-0.4, -0.2) is 30.9 Å². The summed E-state index contributed by atoms with van der Waals surface area (Å²) in [5, 5.41) is 0. The summed E-state index contributed by atoms with van der Waals surface area (Å²) in [5.74, 6) is 1.70. The first-order chi connectivity index (χ1) is 6.06. The number of carbonyl (C=O) groups excluding carboxylic acids is 1. The van der Waals surface area contributed by atoms with Crippen LogP contribution < -0.4 is 5.73 Å². The number of amides is 1. The van der Waals surface area contributed by atoms with Gasteiger partial charge in [0.2, 0.25) is 5.91 Å². The predicted octanol–water partition coefficient (Wildman–Crippen LogP) is 0.696. The lowest BCUT2D eigenvalue weighted by molar-refractivity contribution is -0.133. The summed E-state index contributed by atoms with van der Waals surface area (Å²) in [4.78, 5) is 13.4. The number of hydrogen-bond donors (Lipinski definition) is 1. The summed E-state index contributed by atoms with van der Waals surface area (Å²) >= 11 is 0. The van der Waals surface area contributed by atoms with Crippen molar-refractivity contribution in [2.24, 2.45) is 23.5 Å². The molecule has 0 heterocycles. The minimum atomic E-state index is -0.0287. The minimum Gasteiger partial charge on any atom is -0.345 e. The Labute approximate surface area is 80.3 Å². The number of carbonyl (C=O) groups is 1. The van der Waals surface area contributed by atoms with E-state index >= 15 is 0 Å². The summed E-state index contributed by atoms with van der Waals surface area (Å²) in [6.07, 6.45) is 1.27. The van der Waals surface area contributed by atoms with Crippen molar-refractivity contribution < 1.29 is 4.79 Å². The molecule has 1 saturated carbocycles. The maximum atomic E-state index is 11.6. The van der Waals surface area contributed by atoms with Crippen LogP contribution in [0.25, 0.3) is 0 Å². The lowest BCUT2D eigenvalue weighted by atomic mass is 10.1. The molecule has 2 N–H and O–H groups in total. The van der Waals surface area contributed by atoms with Gasteiger partial charge in [0, 0.05) is 26.1 Å². The molecule has 0 spiro atoms. The Morgan fingerprint density at radius 3 is 2.62 bits per heavy atom. The highest BCUT2D eigenvalue weighted by Gasteiger charge is 2.34. The van der Waals surface area contributed by atoms with Gasteiger partial charge in [0.25, 0.3) is 0 Å². The Morgan fingerprint density at radius 2 is 2.23 bits per heavy atom. The molecule has 3 nitrogen and oxygen atoms in total. The first-order valence-electron chi connectivity index (χ1n) is 5.01. The zero-order chi connectivity index (χ0) is 10.0. The van der Waals surface area contributed by atoms with Crippen molar-refractivity contribution in [1.29, 1.82) is 0 Å². The van der Waals surface area contributed by atoms with Crippen molar-refractivity contribution in [3.05, 3.63) is 0 Å². The Morgan fingerprint density at radius 1 is 1.69 bits per heavy atom. The van der Waals surface area contributed by atoms with Crippen LogP contribution >= 0.6 is 0 Å². The third-order valence-electron chi connectivity index (χ3n) is 2.94. The van der Waals surface area contributed by atoms with Gasteiger partial charge in [0.1, 0.15) is 0 Å². The summed E-state index contributed by atoms with van der Waals surface area (Å²) < 4.78 is 0. The number of nitrogens with zero attached hydrogens (tertiary/aromatic N) is 1. The van der Waals surface area contributed by atoms with Gasteiger partial charge in [-0.1, -0.05) is 13.8 Å². The Hall–Kier alpha value is -0.570. The molecule has 3 unspecified atom stereocenters. The highest BCUT2D eigenvalue weighted by Crippen LogP contribution is 2.38. The van der Waals surface area contributed by atoms with Gasteiger partial charge in [0.15, 0.2) is 0 Å². The third-order valence-corrected chi connectivity index (χ3v) is 2.94. The highest BCUT2D eigenvalue weighted by molar-refractivity contribution is 5.78. The maximum absolute atomic E-state index is 11.6. The second kappa shape index (κ2) is 4.09. The molecule has 1 fully saturated rings. The van der Waals surface area contributed by atoms with Crippen LogP contribution in [0.5, 0.6) is 0 Å². The molecule has 0 saturated heterocycles. The van der Waals surface area contributed by atoms with Crippen molar-refractivity contribution in [2.75, 3.05) is 20.1 Å². The molecular weight excluding hydrogens is 164 g/mol. The Kier molecular flexibility index (Phi) is 3.31. The van der Waals surface area contributed by atoms with Gasteiger partial charge in [-0.25, -0.2) is 0 Å². The van der Waals surface area contributed by atoms with Crippen molar-refractivity contribution >= 4 is 5.91 Å². The number of nitrogens with two attached hydrogens (primary N) is 1. The fourth-order valence-corrected chi connectivity index (χ4v) is 1.57. The predicted molar refractivity (Wildman–Crippen MR) is 53.1 cm³/mol. The molecule has 1 aliphatic carbocycles. The van der Waals surface area contributed by atoms with Gasteiger partial charge in [-0.2, -0.15) is 0 Å². The molecular formula is C10H20N2O. The number of rotatable bonds is 4. The highest BCUT2D eigenvalue weighted by atomic mass is 16.2. The van der Waals surface area contributed by atoms with E-state index in [1.54, 1.807) is 0 Å². The van der Waals surface area contributed by atoms with E-state index < -0.39 is 0 Å². The fraction of sp³-hybridized carbons (Fsp3) is 0.900. The average molecular weight is 184 g/mol.